The zero-order chi connectivity index (χ0) is 12.5. The van der Waals surface area contributed by atoms with Gasteiger partial charge in [-0.2, -0.15) is 0 Å². The molecule has 0 saturated heterocycles. The van der Waals surface area contributed by atoms with Gasteiger partial charge in [-0.1, -0.05) is 17.7 Å². The predicted octanol–water partition coefficient (Wildman–Crippen LogP) is 2.55. The predicted molar refractivity (Wildman–Crippen MR) is 72.2 cm³/mol. The highest BCUT2D eigenvalue weighted by molar-refractivity contribution is 7.17. The lowest BCUT2D eigenvalue weighted by atomic mass is 10.3. The van der Waals surface area contributed by atoms with Crippen LogP contribution in [-0.4, -0.2) is 14.5 Å². The first kappa shape index (κ1) is 11.4. The third kappa shape index (κ3) is 1.91. The minimum atomic E-state index is -0.0464. The fourth-order valence-electron chi connectivity index (χ4n) is 1.71. The third-order valence-electron chi connectivity index (χ3n) is 2.61. The van der Waals surface area contributed by atoms with Crippen molar-refractivity contribution >= 4 is 33.2 Å². The van der Waals surface area contributed by atoms with Gasteiger partial charge in [-0.3, -0.25) is 9.36 Å². The normalized spacial score (nSPS) is 10.9. The number of hydrogen-bond acceptors (Lipinski definition) is 4. The summed E-state index contributed by atoms with van der Waals surface area (Å²) in [5.74, 6) is 0. The molecule has 0 amide bonds. The van der Waals surface area contributed by atoms with E-state index in [9.17, 15) is 4.79 Å². The average molecular weight is 278 g/mol. The molecule has 0 aromatic carbocycles. The highest BCUT2D eigenvalue weighted by Crippen LogP contribution is 2.15. The Bertz CT molecular complexity index is 765. The Morgan fingerprint density at radius 3 is 3.06 bits per heavy atom. The van der Waals surface area contributed by atoms with Crippen molar-refractivity contribution in [1.82, 2.24) is 14.5 Å². The summed E-state index contributed by atoms with van der Waals surface area (Å²) in [7, 11) is 0. The van der Waals surface area contributed by atoms with Crippen LogP contribution in [0.3, 0.4) is 0 Å². The minimum Gasteiger partial charge on any atom is -0.293 e. The molecule has 0 N–H and O–H groups in total. The van der Waals surface area contributed by atoms with Crippen molar-refractivity contribution in [2.45, 2.75) is 6.54 Å². The largest absolute Gasteiger partial charge is 0.293 e. The zero-order valence-corrected chi connectivity index (χ0v) is 10.8. The first-order chi connectivity index (χ1) is 8.75. The highest BCUT2D eigenvalue weighted by atomic mass is 35.5. The summed E-state index contributed by atoms with van der Waals surface area (Å²) in [5, 5.41) is 2.27. The summed E-state index contributed by atoms with van der Waals surface area (Å²) in [4.78, 5) is 20.4. The van der Waals surface area contributed by atoms with Crippen molar-refractivity contribution < 1.29 is 0 Å². The van der Waals surface area contributed by atoms with E-state index in [1.165, 1.54) is 11.3 Å². The van der Waals surface area contributed by atoms with E-state index < -0.39 is 0 Å². The first-order valence-corrected chi connectivity index (χ1v) is 6.53. The van der Waals surface area contributed by atoms with Gasteiger partial charge in [-0.15, -0.1) is 11.3 Å². The average Bonchev–Trinajstić information content (AvgIpc) is 2.84. The van der Waals surface area contributed by atoms with E-state index in [2.05, 4.69) is 9.97 Å². The SMILES string of the molecule is O=c1c2sccc2ncn1Cc1cccnc1Cl. The number of hydrogen-bond donors (Lipinski definition) is 0. The monoisotopic (exact) mass is 277 g/mol. The number of aromatic nitrogens is 3. The van der Waals surface area contributed by atoms with Gasteiger partial charge >= 0.3 is 0 Å². The van der Waals surface area contributed by atoms with Gasteiger partial charge < -0.3 is 0 Å². The molecule has 3 aromatic heterocycles. The van der Waals surface area contributed by atoms with Crippen molar-refractivity contribution in [2.75, 3.05) is 0 Å². The van der Waals surface area contributed by atoms with Gasteiger partial charge in [0.15, 0.2) is 0 Å². The molecule has 0 saturated carbocycles. The Labute approximate surface area is 112 Å². The molecule has 90 valence electrons. The number of nitrogens with zero attached hydrogens (tertiary/aromatic N) is 3. The standard InChI is InChI=1S/C12H8ClN3OS/c13-11-8(2-1-4-14-11)6-16-7-15-9-3-5-18-10(9)12(16)17/h1-5,7H,6H2. The van der Waals surface area contributed by atoms with Gasteiger partial charge in [0.1, 0.15) is 9.85 Å². The summed E-state index contributed by atoms with van der Waals surface area (Å²) >= 11 is 7.38. The maximum Gasteiger partial charge on any atom is 0.271 e. The van der Waals surface area contributed by atoms with E-state index in [1.54, 1.807) is 23.2 Å². The second-order valence-electron chi connectivity index (χ2n) is 3.77. The maximum absolute atomic E-state index is 12.2. The van der Waals surface area contributed by atoms with Gasteiger partial charge in [-0.05, 0) is 17.5 Å². The molecule has 3 aromatic rings. The van der Waals surface area contributed by atoms with Crippen molar-refractivity contribution in [1.29, 1.82) is 0 Å². The summed E-state index contributed by atoms with van der Waals surface area (Å²) < 4.78 is 2.21. The smallest absolute Gasteiger partial charge is 0.271 e. The number of fused-ring (bicyclic) bond motifs is 1. The molecule has 0 aliphatic heterocycles. The Morgan fingerprint density at radius 2 is 2.22 bits per heavy atom. The molecule has 0 unspecified atom stereocenters. The van der Waals surface area contributed by atoms with Crippen LogP contribution in [0, 0.1) is 0 Å². The van der Waals surface area contributed by atoms with Crippen molar-refractivity contribution in [2.24, 2.45) is 0 Å². The van der Waals surface area contributed by atoms with Gasteiger partial charge in [0, 0.05) is 11.8 Å². The second kappa shape index (κ2) is 4.51. The fourth-order valence-corrected chi connectivity index (χ4v) is 2.68. The molecule has 3 rings (SSSR count). The van der Waals surface area contributed by atoms with Crippen LogP contribution in [0.4, 0.5) is 0 Å². The lowest BCUT2D eigenvalue weighted by Crippen LogP contribution is -2.20. The zero-order valence-electron chi connectivity index (χ0n) is 9.21. The number of halogens is 1. The molecule has 0 fully saturated rings. The van der Waals surface area contributed by atoms with Crippen LogP contribution < -0.4 is 5.56 Å². The highest BCUT2D eigenvalue weighted by Gasteiger charge is 2.07. The van der Waals surface area contributed by atoms with E-state index in [1.807, 2.05) is 17.5 Å². The third-order valence-corrected chi connectivity index (χ3v) is 3.84. The van der Waals surface area contributed by atoms with Crippen LogP contribution in [-0.2, 0) is 6.54 Å². The van der Waals surface area contributed by atoms with E-state index in [0.29, 0.717) is 16.4 Å². The summed E-state index contributed by atoms with van der Waals surface area (Å²) in [6.45, 7) is 0.381. The summed E-state index contributed by atoms with van der Waals surface area (Å²) in [6, 6.07) is 5.48. The lowest BCUT2D eigenvalue weighted by Gasteiger charge is -2.06. The summed E-state index contributed by atoms with van der Waals surface area (Å²) in [5.41, 5.74) is 1.49. The Hall–Kier alpha value is -1.72. The van der Waals surface area contributed by atoms with Gasteiger partial charge in [0.05, 0.1) is 18.4 Å². The quantitative estimate of drug-likeness (QED) is 0.677. The first-order valence-electron chi connectivity index (χ1n) is 5.28. The minimum absolute atomic E-state index is 0.0464. The molecule has 0 radical (unpaired) electrons. The fraction of sp³-hybridized carbons (Fsp3) is 0.0833. The molecular weight excluding hydrogens is 270 g/mol. The Morgan fingerprint density at radius 1 is 1.33 bits per heavy atom. The Kier molecular flexibility index (Phi) is 2.85. The van der Waals surface area contributed by atoms with Gasteiger partial charge in [0.25, 0.3) is 5.56 Å². The molecule has 18 heavy (non-hydrogen) atoms. The van der Waals surface area contributed by atoms with Crippen LogP contribution >= 0.6 is 22.9 Å². The molecule has 3 heterocycles. The van der Waals surface area contributed by atoms with Crippen LogP contribution in [0.5, 0.6) is 0 Å². The second-order valence-corrected chi connectivity index (χ2v) is 5.04. The van der Waals surface area contributed by atoms with Crippen molar-refractivity contribution in [3.05, 3.63) is 57.2 Å². The van der Waals surface area contributed by atoms with Gasteiger partial charge in [-0.25, -0.2) is 9.97 Å². The number of rotatable bonds is 2. The van der Waals surface area contributed by atoms with E-state index in [4.69, 9.17) is 11.6 Å². The molecule has 0 aliphatic rings. The van der Waals surface area contributed by atoms with Crippen LogP contribution in [0.15, 0.2) is 40.9 Å². The van der Waals surface area contributed by atoms with Crippen molar-refractivity contribution in [3.8, 4) is 0 Å². The summed E-state index contributed by atoms with van der Waals surface area (Å²) in [6.07, 6.45) is 3.16. The molecule has 0 spiro atoms. The molecule has 0 aliphatic carbocycles. The lowest BCUT2D eigenvalue weighted by molar-refractivity contribution is 0.747. The van der Waals surface area contributed by atoms with E-state index >= 15 is 0 Å². The van der Waals surface area contributed by atoms with Gasteiger partial charge in [0.2, 0.25) is 0 Å². The van der Waals surface area contributed by atoms with Crippen molar-refractivity contribution in [3.63, 3.8) is 0 Å². The van der Waals surface area contributed by atoms with Crippen LogP contribution in [0.1, 0.15) is 5.56 Å². The molecular formula is C12H8ClN3OS. The molecule has 6 heteroatoms. The molecule has 4 nitrogen and oxygen atoms in total. The van der Waals surface area contributed by atoms with E-state index in [-0.39, 0.29) is 5.56 Å². The maximum atomic E-state index is 12.2. The number of pyridine rings is 1. The Balaban J connectivity index is 2.08. The molecule has 0 bridgehead atoms. The van der Waals surface area contributed by atoms with Crippen LogP contribution in [0.2, 0.25) is 5.15 Å². The molecule has 0 atom stereocenters. The van der Waals surface area contributed by atoms with Crippen LogP contribution in [0.25, 0.3) is 10.2 Å². The topological polar surface area (TPSA) is 47.8 Å². The number of thiophene rings is 1. The van der Waals surface area contributed by atoms with E-state index in [0.717, 1.165) is 11.1 Å².